The Labute approximate surface area is 81.4 Å². The average Bonchev–Trinajstić information content (AvgIpc) is 1.83. The van der Waals surface area contributed by atoms with Crippen molar-refractivity contribution in [2.75, 3.05) is 26.3 Å². The summed E-state index contributed by atoms with van der Waals surface area (Å²) in [6.07, 6.45) is 2.79. The zero-order valence-electron chi connectivity index (χ0n) is 6.63. The molecule has 0 saturated carbocycles. The molecule has 2 saturated heterocycles. The third-order valence-corrected chi connectivity index (χ3v) is 3.55. The van der Waals surface area contributed by atoms with E-state index in [0.717, 1.165) is 23.2 Å². The second kappa shape index (κ2) is 3.58. The maximum atomic E-state index is 5.18. The number of piperidine rings is 1. The molecule has 2 heterocycles. The third kappa shape index (κ3) is 1.87. The Morgan fingerprint density at radius 1 is 1.36 bits per heavy atom. The summed E-state index contributed by atoms with van der Waals surface area (Å²) in [5.41, 5.74) is 0. The second-order valence-corrected chi connectivity index (χ2v) is 5.19. The minimum Gasteiger partial charge on any atom is -0.378 e. The number of nitrogens with zero attached hydrogens (tertiary/aromatic N) is 1. The first-order valence-corrected chi connectivity index (χ1v) is 5.56. The van der Waals surface area contributed by atoms with Gasteiger partial charge in [-0.3, -0.25) is 4.90 Å². The van der Waals surface area contributed by atoms with Crippen LogP contribution in [-0.4, -0.2) is 41.2 Å². The largest absolute Gasteiger partial charge is 0.378 e. The molecule has 0 aromatic carbocycles. The van der Waals surface area contributed by atoms with Gasteiger partial charge in [-0.05, 0) is 19.4 Å². The first-order chi connectivity index (χ1) is 5.36. The van der Waals surface area contributed by atoms with Crippen LogP contribution >= 0.6 is 22.6 Å². The number of halogens is 1. The topological polar surface area (TPSA) is 12.5 Å². The van der Waals surface area contributed by atoms with Gasteiger partial charge in [0.15, 0.2) is 0 Å². The minimum atomic E-state index is 0.757. The molecule has 3 heteroatoms. The molecule has 2 aliphatic heterocycles. The maximum absolute atomic E-state index is 5.18. The summed E-state index contributed by atoms with van der Waals surface area (Å²) in [7, 11) is 0. The molecule has 64 valence electrons. The lowest BCUT2D eigenvalue weighted by atomic mass is 10.1. The Balaban J connectivity index is 1.82. The summed E-state index contributed by atoms with van der Waals surface area (Å²) in [5, 5.41) is 0. The molecule has 2 rings (SSSR count). The van der Waals surface area contributed by atoms with E-state index in [9.17, 15) is 0 Å². The Morgan fingerprint density at radius 2 is 2.18 bits per heavy atom. The van der Waals surface area contributed by atoms with Gasteiger partial charge < -0.3 is 4.74 Å². The van der Waals surface area contributed by atoms with Crippen LogP contribution in [-0.2, 0) is 4.74 Å². The van der Waals surface area contributed by atoms with Crippen molar-refractivity contribution < 1.29 is 4.74 Å². The van der Waals surface area contributed by atoms with Gasteiger partial charge in [0.25, 0.3) is 0 Å². The molecule has 0 aromatic heterocycles. The summed E-state index contributed by atoms with van der Waals surface area (Å²) in [5.74, 6) is 0. The highest BCUT2D eigenvalue weighted by molar-refractivity contribution is 14.1. The molecular formula is C8H14INO. The maximum Gasteiger partial charge on any atom is 0.0645 e. The molecule has 0 radical (unpaired) electrons. The van der Waals surface area contributed by atoms with Gasteiger partial charge in [0.05, 0.1) is 19.3 Å². The SMILES string of the molecule is IC1CCCN(C2COC2)C1. The molecule has 2 nitrogen and oxygen atoms in total. The first kappa shape index (κ1) is 8.26. The Kier molecular flexibility index (Phi) is 2.69. The van der Waals surface area contributed by atoms with Crippen molar-refractivity contribution in [3.8, 4) is 0 Å². The molecule has 0 aliphatic carbocycles. The Hall–Kier alpha value is 0.650. The van der Waals surface area contributed by atoms with Crippen LogP contribution < -0.4 is 0 Å². The standard InChI is InChI=1S/C8H14INO/c9-7-2-1-3-10(4-7)8-5-11-6-8/h7-8H,1-6H2. The van der Waals surface area contributed by atoms with E-state index >= 15 is 0 Å². The zero-order chi connectivity index (χ0) is 7.68. The van der Waals surface area contributed by atoms with Crippen LogP contribution in [0.3, 0.4) is 0 Å². The highest BCUT2D eigenvalue weighted by atomic mass is 127. The highest BCUT2D eigenvalue weighted by Crippen LogP contribution is 2.21. The van der Waals surface area contributed by atoms with E-state index < -0.39 is 0 Å². The van der Waals surface area contributed by atoms with Crippen molar-refractivity contribution in [2.24, 2.45) is 0 Å². The molecule has 0 spiro atoms. The molecule has 0 N–H and O–H groups in total. The van der Waals surface area contributed by atoms with Crippen molar-refractivity contribution in [2.45, 2.75) is 22.8 Å². The molecule has 0 bridgehead atoms. The third-order valence-electron chi connectivity index (χ3n) is 2.53. The van der Waals surface area contributed by atoms with Crippen LogP contribution in [0.2, 0.25) is 0 Å². The molecule has 1 unspecified atom stereocenters. The second-order valence-electron chi connectivity index (χ2n) is 3.43. The van der Waals surface area contributed by atoms with Crippen LogP contribution in [0.1, 0.15) is 12.8 Å². The number of hydrogen-bond acceptors (Lipinski definition) is 2. The lowest BCUT2D eigenvalue weighted by molar-refractivity contribution is -0.0686. The predicted molar refractivity (Wildman–Crippen MR) is 53.2 cm³/mol. The van der Waals surface area contributed by atoms with E-state index in [2.05, 4.69) is 27.5 Å². The average molecular weight is 267 g/mol. The quantitative estimate of drug-likeness (QED) is 0.524. The number of ether oxygens (including phenoxy) is 1. The summed E-state index contributed by atoms with van der Waals surface area (Å²) in [4.78, 5) is 2.59. The zero-order valence-corrected chi connectivity index (χ0v) is 8.79. The fourth-order valence-corrected chi connectivity index (χ4v) is 2.66. The number of likely N-dealkylation sites (tertiary alicyclic amines) is 1. The fraction of sp³-hybridized carbons (Fsp3) is 1.00. The smallest absolute Gasteiger partial charge is 0.0645 e. The van der Waals surface area contributed by atoms with Gasteiger partial charge in [0.2, 0.25) is 0 Å². The Morgan fingerprint density at radius 3 is 2.73 bits per heavy atom. The number of hydrogen-bond donors (Lipinski definition) is 0. The van der Waals surface area contributed by atoms with Crippen LogP contribution in [0.4, 0.5) is 0 Å². The van der Waals surface area contributed by atoms with Crippen LogP contribution in [0.5, 0.6) is 0 Å². The van der Waals surface area contributed by atoms with Gasteiger partial charge in [0.1, 0.15) is 0 Å². The van der Waals surface area contributed by atoms with Gasteiger partial charge >= 0.3 is 0 Å². The molecule has 2 aliphatic rings. The van der Waals surface area contributed by atoms with Crippen LogP contribution in [0.15, 0.2) is 0 Å². The first-order valence-electron chi connectivity index (χ1n) is 4.32. The Bertz CT molecular complexity index is 138. The van der Waals surface area contributed by atoms with E-state index in [1.54, 1.807) is 0 Å². The minimum absolute atomic E-state index is 0.757. The van der Waals surface area contributed by atoms with Crippen molar-refractivity contribution in [3.05, 3.63) is 0 Å². The van der Waals surface area contributed by atoms with Crippen LogP contribution in [0, 0.1) is 0 Å². The van der Waals surface area contributed by atoms with Gasteiger partial charge in [-0.15, -0.1) is 0 Å². The van der Waals surface area contributed by atoms with Gasteiger partial charge in [-0.2, -0.15) is 0 Å². The summed E-state index contributed by atoms with van der Waals surface area (Å²) in [6, 6.07) is 0.757. The fourth-order valence-electron chi connectivity index (χ4n) is 1.72. The van der Waals surface area contributed by atoms with Crippen molar-refractivity contribution >= 4 is 22.6 Å². The van der Waals surface area contributed by atoms with Crippen LogP contribution in [0.25, 0.3) is 0 Å². The van der Waals surface area contributed by atoms with E-state index in [-0.39, 0.29) is 0 Å². The summed E-state index contributed by atoms with van der Waals surface area (Å²) >= 11 is 2.56. The highest BCUT2D eigenvalue weighted by Gasteiger charge is 2.29. The molecule has 11 heavy (non-hydrogen) atoms. The van der Waals surface area contributed by atoms with E-state index in [0.29, 0.717) is 0 Å². The van der Waals surface area contributed by atoms with E-state index in [1.165, 1.54) is 25.9 Å². The lowest BCUT2D eigenvalue weighted by Gasteiger charge is -2.40. The van der Waals surface area contributed by atoms with Gasteiger partial charge in [-0.1, -0.05) is 22.6 Å². The molecular weight excluding hydrogens is 253 g/mol. The number of rotatable bonds is 1. The van der Waals surface area contributed by atoms with Crippen molar-refractivity contribution in [1.82, 2.24) is 4.90 Å². The van der Waals surface area contributed by atoms with Gasteiger partial charge in [-0.25, -0.2) is 0 Å². The molecule has 1 atom stereocenters. The summed E-state index contributed by atoms with van der Waals surface area (Å²) in [6.45, 7) is 4.54. The van der Waals surface area contributed by atoms with Crippen molar-refractivity contribution in [1.29, 1.82) is 0 Å². The molecule has 0 amide bonds. The predicted octanol–water partition coefficient (Wildman–Crippen LogP) is 1.28. The molecule has 2 fully saturated rings. The monoisotopic (exact) mass is 267 g/mol. The summed E-state index contributed by atoms with van der Waals surface area (Å²) < 4.78 is 6.06. The molecule has 0 aromatic rings. The van der Waals surface area contributed by atoms with Crippen molar-refractivity contribution in [3.63, 3.8) is 0 Å². The van der Waals surface area contributed by atoms with E-state index in [4.69, 9.17) is 4.74 Å². The van der Waals surface area contributed by atoms with Gasteiger partial charge in [0, 0.05) is 10.5 Å². The number of alkyl halides is 1. The normalized spacial score (nSPS) is 35.2. The lowest BCUT2D eigenvalue weighted by Crippen LogP contribution is -2.52. The van der Waals surface area contributed by atoms with E-state index in [1.807, 2.05) is 0 Å².